The SMILES string of the molecule is C/C(=N\N=C(/C)c1ccc(NC(=O)c2ccccc2C(=O)O)cc1)c1ccccc1. The first-order chi connectivity index (χ1) is 14.5. The van der Waals surface area contributed by atoms with Crippen molar-refractivity contribution >= 4 is 29.0 Å². The molecule has 3 aromatic carbocycles. The van der Waals surface area contributed by atoms with Crippen molar-refractivity contribution in [3.63, 3.8) is 0 Å². The van der Waals surface area contributed by atoms with Gasteiger partial charge in [-0.15, -0.1) is 0 Å². The molecule has 0 saturated heterocycles. The fourth-order valence-corrected chi connectivity index (χ4v) is 2.81. The highest BCUT2D eigenvalue weighted by molar-refractivity contribution is 6.11. The third-order valence-electron chi connectivity index (χ3n) is 4.50. The molecule has 0 atom stereocenters. The molecule has 0 heterocycles. The molecular weight excluding hydrogens is 378 g/mol. The molecule has 1 amide bonds. The van der Waals surface area contributed by atoms with Gasteiger partial charge in [0.05, 0.1) is 22.6 Å². The standard InChI is InChI=1S/C24H21N3O3/c1-16(18-8-4-3-5-9-18)26-27-17(2)19-12-14-20(15-13-19)25-23(28)21-10-6-7-11-22(21)24(29)30/h3-15H,1-2H3,(H,25,28)(H,29,30)/b26-16+,27-17+. The lowest BCUT2D eigenvalue weighted by atomic mass is 10.1. The van der Waals surface area contributed by atoms with Crippen molar-refractivity contribution in [2.24, 2.45) is 10.2 Å². The predicted molar refractivity (Wildman–Crippen MR) is 119 cm³/mol. The average Bonchev–Trinajstić information content (AvgIpc) is 2.78. The number of benzene rings is 3. The topological polar surface area (TPSA) is 91.1 Å². The van der Waals surface area contributed by atoms with Gasteiger partial charge in [-0.2, -0.15) is 10.2 Å². The first-order valence-corrected chi connectivity index (χ1v) is 9.34. The second kappa shape index (κ2) is 9.43. The second-order valence-corrected chi connectivity index (χ2v) is 6.62. The Balaban J connectivity index is 1.72. The zero-order valence-corrected chi connectivity index (χ0v) is 16.7. The van der Waals surface area contributed by atoms with E-state index >= 15 is 0 Å². The van der Waals surface area contributed by atoms with E-state index in [9.17, 15) is 14.7 Å². The summed E-state index contributed by atoms with van der Waals surface area (Å²) in [4.78, 5) is 23.7. The van der Waals surface area contributed by atoms with E-state index in [1.807, 2.05) is 56.3 Å². The number of nitrogens with zero attached hydrogens (tertiary/aromatic N) is 2. The zero-order chi connectivity index (χ0) is 21.5. The van der Waals surface area contributed by atoms with E-state index in [1.165, 1.54) is 12.1 Å². The van der Waals surface area contributed by atoms with E-state index in [0.717, 1.165) is 22.6 Å². The minimum atomic E-state index is -1.14. The molecule has 0 bridgehead atoms. The van der Waals surface area contributed by atoms with Crippen molar-refractivity contribution in [3.05, 3.63) is 101 Å². The van der Waals surface area contributed by atoms with Gasteiger partial charge in [-0.05, 0) is 49.2 Å². The highest BCUT2D eigenvalue weighted by Gasteiger charge is 2.15. The lowest BCUT2D eigenvalue weighted by molar-refractivity contribution is 0.0692. The number of amides is 1. The van der Waals surface area contributed by atoms with Crippen LogP contribution in [0.15, 0.2) is 89.1 Å². The minimum Gasteiger partial charge on any atom is -0.478 e. The van der Waals surface area contributed by atoms with Gasteiger partial charge in [0.1, 0.15) is 0 Å². The van der Waals surface area contributed by atoms with Gasteiger partial charge in [0.15, 0.2) is 0 Å². The van der Waals surface area contributed by atoms with Crippen molar-refractivity contribution < 1.29 is 14.7 Å². The van der Waals surface area contributed by atoms with Gasteiger partial charge >= 0.3 is 5.97 Å². The van der Waals surface area contributed by atoms with Crippen LogP contribution < -0.4 is 5.32 Å². The predicted octanol–water partition coefficient (Wildman–Crippen LogP) is 4.87. The number of carboxylic acid groups (broad SMARTS) is 1. The molecule has 0 aliphatic rings. The van der Waals surface area contributed by atoms with E-state index in [2.05, 4.69) is 15.5 Å². The van der Waals surface area contributed by atoms with Gasteiger partial charge < -0.3 is 10.4 Å². The van der Waals surface area contributed by atoms with E-state index in [0.29, 0.717) is 5.69 Å². The van der Waals surface area contributed by atoms with Crippen molar-refractivity contribution in [1.29, 1.82) is 0 Å². The van der Waals surface area contributed by atoms with Gasteiger partial charge in [-0.3, -0.25) is 4.79 Å². The van der Waals surface area contributed by atoms with Crippen molar-refractivity contribution in [1.82, 2.24) is 0 Å². The number of hydrogen-bond donors (Lipinski definition) is 2. The highest BCUT2D eigenvalue weighted by atomic mass is 16.4. The third kappa shape index (κ3) is 5.05. The number of rotatable bonds is 6. The lowest BCUT2D eigenvalue weighted by Gasteiger charge is -2.08. The minimum absolute atomic E-state index is 0.0405. The first-order valence-electron chi connectivity index (χ1n) is 9.34. The molecule has 0 saturated carbocycles. The summed E-state index contributed by atoms with van der Waals surface area (Å²) in [5.74, 6) is -1.62. The quantitative estimate of drug-likeness (QED) is 0.458. The summed E-state index contributed by atoms with van der Waals surface area (Å²) < 4.78 is 0. The number of nitrogens with one attached hydrogen (secondary N) is 1. The maximum Gasteiger partial charge on any atom is 0.336 e. The molecule has 2 N–H and O–H groups in total. The molecule has 150 valence electrons. The molecule has 6 heteroatoms. The van der Waals surface area contributed by atoms with Crippen LogP contribution in [-0.2, 0) is 0 Å². The summed E-state index contributed by atoms with van der Waals surface area (Å²) in [5, 5.41) is 20.5. The van der Waals surface area contributed by atoms with Crippen LogP contribution in [0.1, 0.15) is 45.7 Å². The Morgan fingerprint density at radius 2 is 1.20 bits per heavy atom. The largest absolute Gasteiger partial charge is 0.478 e. The molecule has 0 fully saturated rings. The maximum atomic E-state index is 12.5. The molecule has 0 unspecified atom stereocenters. The summed E-state index contributed by atoms with van der Waals surface area (Å²) in [6, 6.07) is 23.0. The third-order valence-corrected chi connectivity index (χ3v) is 4.50. The number of hydrogen-bond acceptors (Lipinski definition) is 4. The van der Waals surface area contributed by atoms with Gasteiger partial charge in [-0.25, -0.2) is 4.79 Å². The molecule has 0 radical (unpaired) electrons. The van der Waals surface area contributed by atoms with Crippen LogP contribution in [0.3, 0.4) is 0 Å². The molecule has 0 aromatic heterocycles. The summed E-state index contributed by atoms with van der Waals surface area (Å²) in [6.45, 7) is 3.76. The number of aromatic carboxylic acids is 1. The average molecular weight is 399 g/mol. The fourth-order valence-electron chi connectivity index (χ4n) is 2.81. The fraction of sp³-hybridized carbons (Fsp3) is 0.0833. The maximum absolute atomic E-state index is 12.5. The van der Waals surface area contributed by atoms with E-state index < -0.39 is 11.9 Å². The Morgan fingerprint density at radius 1 is 0.700 bits per heavy atom. The molecule has 0 aliphatic carbocycles. The summed E-state index contributed by atoms with van der Waals surface area (Å²) in [6.07, 6.45) is 0. The van der Waals surface area contributed by atoms with Crippen LogP contribution in [0.5, 0.6) is 0 Å². The Kier molecular flexibility index (Phi) is 6.49. The molecule has 0 aliphatic heterocycles. The summed E-state index contributed by atoms with van der Waals surface area (Å²) in [7, 11) is 0. The normalized spacial score (nSPS) is 11.8. The van der Waals surface area contributed by atoms with Crippen LogP contribution in [-0.4, -0.2) is 28.4 Å². The number of carbonyl (C=O) groups is 2. The summed E-state index contributed by atoms with van der Waals surface area (Å²) >= 11 is 0. The van der Waals surface area contributed by atoms with E-state index in [-0.39, 0.29) is 11.1 Å². The van der Waals surface area contributed by atoms with Gasteiger partial charge in [0.25, 0.3) is 5.91 Å². The van der Waals surface area contributed by atoms with Crippen LogP contribution in [0, 0.1) is 0 Å². The summed E-state index contributed by atoms with van der Waals surface area (Å²) in [5.41, 5.74) is 4.05. The van der Waals surface area contributed by atoms with Gasteiger partial charge in [-0.1, -0.05) is 54.6 Å². The Bertz CT molecular complexity index is 1120. The van der Waals surface area contributed by atoms with Crippen molar-refractivity contribution in [2.75, 3.05) is 5.32 Å². The molecular formula is C24H21N3O3. The molecule has 6 nitrogen and oxygen atoms in total. The molecule has 0 spiro atoms. The van der Waals surface area contributed by atoms with Crippen LogP contribution >= 0.6 is 0 Å². The van der Waals surface area contributed by atoms with Crippen molar-refractivity contribution in [3.8, 4) is 0 Å². The van der Waals surface area contributed by atoms with Gasteiger partial charge in [0, 0.05) is 5.69 Å². The zero-order valence-electron chi connectivity index (χ0n) is 16.7. The Hall–Kier alpha value is -4.06. The molecule has 3 aromatic rings. The Morgan fingerprint density at radius 3 is 1.77 bits per heavy atom. The van der Waals surface area contributed by atoms with Crippen molar-refractivity contribution in [2.45, 2.75) is 13.8 Å². The molecule has 3 rings (SSSR count). The number of anilines is 1. The number of carboxylic acids is 1. The van der Waals surface area contributed by atoms with Crippen LogP contribution in [0.2, 0.25) is 0 Å². The van der Waals surface area contributed by atoms with E-state index in [1.54, 1.807) is 24.3 Å². The number of carbonyl (C=O) groups excluding carboxylic acids is 1. The monoisotopic (exact) mass is 399 g/mol. The lowest BCUT2D eigenvalue weighted by Crippen LogP contribution is -2.16. The van der Waals surface area contributed by atoms with Crippen LogP contribution in [0.25, 0.3) is 0 Å². The first kappa shape index (κ1) is 20.7. The Labute approximate surface area is 174 Å². The smallest absolute Gasteiger partial charge is 0.336 e. The second-order valence-electron chi connectivity index (χ2n) is 6.62. The van der Waals surface area contributed by atoms with Crippen LogP contribution in [0.4, 0.5) is 5.69 Å². The molecule has 30 heavy (non-hydrogen) atoms. The van der Waals surface area contributed by atoms with Gasteiger partial charge in [0.2, 0.25) is 0 Å². The highest BCUT2D eigenvalue weighted by Crippen LogP contribution is 2.15. The van der Waals surface area contributed by atoms with E-state index in [4.69, 9.17) is 0 Å².